The Bertz CT molecular complexity index is 1130. The second kappa shape index (κ2) is 9.83. The van der Waals surface area contributed by atoms with E-state index in [1.54, 1.807) is 53.4 Å². The molecule has 2 amide bonds. The molecule has 1 atom stereocenters. The molecule has 7 nitrogen and oxygen atoms in total. The minimum absolute atomic E-state index is 0.0702. The first-order valence-corrected chi connectivity index (χ1v) is 13.0. The highest BCUT2D eigenvalue weighted by molar-refractivity contribution is 7.89. The van der Waals surface area contributed by atoms with Gasteiger partial charge in [-0.2, -0.15) is 4.31 Å². The van der Waals surface area contributed by atoms with Crippen molar-refractivity contribution in [3.8, 4) is 0 Å². The Morgan fingerprint density at radius 1 is 0.970 bits per heavy atom. The summed E-state index contributed by atoms with van der Waals surface area (Å²) in [5.41, 5.74) is 1.52. The van der Waals surface area contributed by atoms with E-state index >= 15 is 0 Å². The molecule has 2 aliphatic heterocycles. The van der Waals surface area contributed by atoms with Crippen LogP contribution in [0.3, 0.4) is 0 Å². The molecule has 2 saturated heterocycles. The SMILES string of the molecule is Cc1ccc(S(=O)(=O)N2CCC(C(=O)N3CCCC3C(=O)Nc3ccccc3Cl)CC2)cc1. The van der Waals surface area contributed by atoms with E-state index in [0.717, 1.165) is 12.0 Å². The minimum atomic E-state index is -3.58. The summed E-state index contributed by atoms with van der Waals surface area (Å²) in [5.74, 6) is -0.601. The van der Waals surface area contributed by atoms with Crippen LogP contribution in [0.15, 0.2) is 53.4 Å². The van der Waals surface area contributed by atoms with Gasteiger partial charge in [-0.1, -0.05) is 41.4 Å². The number of carbonyl (C=O) groups excluding carboxylic acids is 2. The summed E-state index contributed by atoms with van der Waals surface area (Å²) in [6.07, 6.45) is 2.24. The number of para-hydroxylation sites is 1. The average Bonchev–Trinajstić information content (AvgIpc) is 3.31. The van der Waals surface area contributed by atoms with Crippen LogP contribution in [-0.2, 0) is 19.6 Å². The van der Waals surface area contributed by atoms with Crippen molar-refractivity contribution in [2.45, 2.75) is 43.5 Å². The maximum Gasteiger partial charge on any atom is 0.247 e. The second-order valence-electron chi connectivity index (χ2n) is 8.65. The molecule has 0 bridgehead atoms. The number of likely N-dealkylation sites (tertiary alicyclic amines) is 1. The van der Waals surface area contributed by atoms with Crippen molar-refractivity contribution >= 4 is 39.1 Å². The highest BCUT2D eigenvalue weighted by atomic mass is 35.5. The van der Waals surface area contributed by atoms with Gasteiger partial charge in [0, 0.05) is 25.6 Å². The Morgan fingerprint density at radius 3 is 2.30 bits per heavy atom. The molecule has 2 aromatic carbocycles. The van der Waals surface area contributed by atoms with Crippen LogP contribution < -0.4 is 5.32 Å². The van der Waals surface area contributed by atoms with Gasteiger partial charge in [0.25, 0.3) is 0 Å². The van der Waals surface area contributed by atoms with Crippen molar-refractivity contribution in [3.63, 3.8) is 0 Å². The zero-order valence-corrected chi connectivity index (χ0v) is 20.1. The predicted octanol–water partition coefficient (Wildman–Crippen LogP) is 3.68. The largest absolute Gasteiger partial charge is 0.330 e. The molecule has 33 heavy (non-hydrogen) atoms. The first-order valence-electron chi connectivity index (χ1n) is 11.2. The zero-order valence-electron chi connectivity index (χ0n) is 18.5. The van der Waals surface area contributed by atoms with E-state index in [1.165, 1.54) is 4.31 Å². The number of aryl methyl sites for hydroxylation is 1. The Labute approximate surface area is 199 Å². The number of halogens is 1. The number of anilines is 1. The number of hydrogen-bond donors (Lipinski definition) is 1. The topological polar surface area (TPSA) is 86.8 Å². The Kier molecular flexibility index (Phi) is 7.07. The highest BCUT2D eigenvalue weighted by Crippen LogP contribution is 2.29. The molecule has 1 N–H and O–H groups in total. The Morgan fingerprint density at radius 2 is 1.64 bits per heavy atom. The average molecular weight is 490 g/mol. The first kappa shape index (κ1) is 23.7. The highest BCUT2D eigenvalue weighted by Gasteiger charge is 2.39. The maximum absolute atomic E-state index is 13.3. The molecule has 2 fully saturated rings. The van der Waals surface area contributed by atoms with Gasteiger partial charge in [0.2, 0.25) is 21.8 Å². The fourth-order valence-electron chi connectivity index (χ4n) is 4.52. The molecular weight excluding hydrogens is 462 g/mol. The number of amides is 2. The van der Waals surface area contributed by atoms with E-state index in [0.29, 0.717) is 36.5 Å². The standard InChI is InChI=1S/C24H28ClN3O4S/c1-17-8-10-19(11-9-17)33(31,32)27-15-12-18(13-16-27)24(30)28-14-4-7-22(28)23(29)26-21-6-3-2-5-20(21)25/h2-3,5-6,8-11,18,22H,4,7,12-16H2,1H3,(H,26,29). The van der Waals surface area contributed by atoms with E-state index in [-0.39, 0.29) is 35.7 Å². The summed E-state index contributed by atoms with van der Waals surface area (Å²) in [4.78, 5) is 28.1. The molecule has 0 saturated carbocycles. The minimum Gasteiger partial charge on any atom is -0.330 e. The third-order valence-electron chi connectivity index (χ3n) is 6.43. The van der Waals surface area contributed by atoms with Crippen LogP contribution in [0.2, 0.25) is 5.02 Å². The molecule has 9 heteroatoms. The summed E-state index contributed by atoms with van der Waals surface area (Å²) in [7, 11) is -3.58. The van der Waals surface area contributed by atoms with Gasteiger partial charge in [0.05, 0.1) is 15.6 Å². The van der Waals surface area contributed by atoms with E-state index < -0.39 is 16.1 Å². The fourth-order valence-corrected chi connectivity index (χ4v) is 6.17. The lowest BCUT2D eigenvalue weighted by atomic mass is 9.96. The molecular formula is C24H28ClN3O4S. The van der Waals surface area contributed by atoms with Crippen LogP contribution in [0.5, 0.6) is 0 Å². The molecule has 0 spiro atoms. The van der Waals surface area contributed by atoms with Gasteiger partial charge in [-0.3, -0.25) is 9.59 Å². The van der Waals surface area contributed by atoms with Gasteiger partial charge >= 0.3 is 0 Å². The van der Waals surface area contributed by atoms with Gasteiger partial charge in [0.15, 0.2) is 0 Å². The monoisotopic (exact) mass is 489 g/mol. The van der Waals surface area contributed by atoms with E-state index in [9.17, 15) is 18.0 Å². The molecule has 0 aliphatic carbocycles. The van der Waals surface area contributed by atoms with Crippen molar-refractivity contribution in [1.82, 2.24) is 9.21 Å². The molecule has 0 radical (unpaired) electrons. The molecule has 2 aliphatic rings. The van der Waals surface area contributed by atoms with Crippen LogP contribution in [0.4, 0.5) is 5.69 Å². The van der Waals surface area contributed by atoms with Crippen molar-refractivity contribution in [2.75, 3.05) is 25.0 Å². The van der Waals surface area contributed by atoms with Gasteiger partial charge < -0.3 is 10.2 Å². The summed E-state index contributed by atoms with van der Waals surface area (Å²) in [5, 5.41) is 3.28. The summed E-state index contributed by atoms with van der Waals surface area (Å²) in [6, 6.07) is 13.3. The molecule has 2 heterocycles. The van der Waals surface area contributed by atoms with Crippen LogP contribution in [0.1, 0.15) is 31.2 Å². The Hall–Kier alpha value is -2.42. The van der Waals surface area contributed by atoms with Crippen LogP contribution in [0, 0.1) is 12.8 Å². The second-order valence-corrected chi connectivity index (χ2v) is 11.0. The molecule has 1 unspecified atom stereocenters. The van der Waals surface area contributed by atoms with E-state index in [1.807, 2.05) is 6.92 Å². The number of piperidine rings is 1. The van der Waals surface area contributed by atoms with Gasteiger partial charge in [-0.25, -0.2) is 8.42 Å². The third kappa shape index (κ3) is 5.08. The number of hydrogen-bond acceptors (Lipinski definition) is 4. The van der Waals surface area contributed by atoms with Crippen molar-refractivity contribution in [2.24, 2.45) is 5.92 Å². The number of sulfonamides is 1. The first-order chi connectivity index (χ1) is 15.8. The number of benzene rings is 2. The number of nitrogens with one attached hydrogen (secondary N) is 1. The molecule has 176 valence electrons. The number of nitrogens with zero attached hydrogens (tertiary/aromatic N) is 2. The van der Waals surface area contributed by atoms with E-state index in [2.05, 4.69) is 5.32 Å². The van der Waals surface area contributed by atoms with Crippen LogP contribution in [0.25, 0.3) is 0 Å². The Balaban J connectivity index is 1.38. The molecule has 4 rings (SSSR count). The fraction of sp³-hybridized carbons (Fsp3) is 0.417. The normalized spacial score (nSPS) is 20.1. The summed E-state index contributed by atoms with van der Waals surface area (Å²) in [6.45, 7) is 3.02. The van der Waals surface area contributed by atoms with Gasteiger partial charge in [-0.15, -0.1) is 0 Å². The quantitative estimate of drug-likeness (QED) is 0.694. The molecule has 0 aromatic heterocycles. The smallest absolute Gasteiger partial charge is 0.247 e. The lowest BCUT2D eigenvalue weighted by Crippen LogP contribution is -2.48. The number of carbonyl (C=O) groups is 2. The molecule has 2 aromatic rings. The predicted molar refractivity (Wildman–Crippen MR) is 127 cm³/mol. The van der Waals surface area contributed by atoms with Crippen molar-refractivity contribution in [1.29, 1.82) is 0 Å². The van der Waals surface area contributed by atoms with Crippen molar-refractivity contribution < 1.29 is 18.0 Å². The maximum atomic E-state index is 13.3. The van der Waals surface area contributed by atoms with Gasteiger partial charge in [-0.05, 0) is 56.9 Å². The summed E-state index contributed by atoms with van der Waals surface area (Å²) < 4.78 is 27.3. The third-order valence-corrected chi connectivity index (χ3v) is 8.67. The zero-order chi connectivity index (χ0) is 23.6. The lowest BCUT2D eigenvalue weighted by molar-refractivity contribution is -0.141. The summed E-state index contributed by atoms with van der Waals surface area (Å²) >= 11 is 6.15. The van der Waals surface area contributed by atoms with Gasteiger partial charge in [0.1, 0.15) is 6.04 Å². The van der Waals surface area contributed by atoms with E-state index in [4.69, 9.17) is 11.6 Å². The van der Waals surface area contributed by atoms with Crippen LogP contribution >= 0.6 is 11.6 Å². The van der Waals surface area contributed by atoms with Crippen LogP contribution in [-0.4, -0.2) is 55.1 Å². The number of rotatable bonds is 5. The van der Waals surface area contributed by atoms with Crippen molar-refractivity contribution in [3.05, 3.63) is 59.1 Å². The lowest BCUT2D eigenvalue weighted by Gasteiger charge is -2.34.